The number of primary amides is 1. The van der Waals surface area contributed by atoms with Crippen LogP contribution in [-0.2, 0) is 11.2 Å². The van der Waals surface area contributed by atoms with Gasteiger partial charge in [-0.3, -0.25) is 9.69 Å². The fraction of sp³-hybridized carbons (Fsp3) is 0.464. The molecule has 3 N–H and O–H groups in total. The average Bonchev–Trinajstić information content (AvgIpc) is 3.66. The van der Waals surface area contributed by atoms with E-state index in [2.05, 4.69) is 46.8 Å². The van der Waals surface area contributed by atoms with E-state index in [1.165, 1.54) is 25.9 Å². The first-order chi connectivity index (χ1) is 17.5. The predicted molar refractivity (Wildman–Crippen MR) is 143 cm³/mol. The normalized spacial score (nSPS) is 25.1. The van der Waals surface area contributed by atoms with Crippen LogP contribution in [0.25, 0.3) is 10.2 Å². The van der Waals surface area contributed by atoms with Crippen molar-refractivity contribution in [3.05, 3.63) is 58.7 Å². The number of fused-ring (bicyclic) bond motifs is 3. The van der Waals surface area contributed by atoms with Crippen molar-refractivity contribution in [3.8, 4) is 5.75 Å². The summed E-state index contributed by atoms with van der Waals surface area (Å²) in [6, 6.07) is 8.23. The van der Waals surface area contributed by atoms with Crippen LogP contribution >= 0.6 is 11.3 Å². The highest BCUT2D eigenvalue weighted by molar-refractivity contribution is 7.18. The summed E-state index contributed by atoms with van der Waals surface area (Å²) in [6.45, 7) is 6.17. The molecule has 4 atom stereocenters. The zero-order chi connectivity index (χ0) is 24.6. The number of aryl methyl sites for hydroxylation is 1. The third-order valence-electron chi connectivity index (χ3n) is 7.89. The van der Waals surface area contributed by atoms with Crippen molar-refractivity contribution < 1.29 is 9.53 Å². The number of thiophene rings is 1. The molecule has 2 aliphatic carbocycles. The first-order valence-corrected chi connectivity index (χ1v) is 13.9. The number of nitrogens with two attached hydrogens (primary N) is 1. The molecule has 8 heteroatoms. The van der Waals surface area contributed by atoms with E-state index in [4.69, 9.17) is 20.4 Å². The van der Waals surface area contributed by atoms with Crippen LogP contribution in [-0.4, -0.2) is 53.1 Å². The summed E-state index contributed by atoms with van der Waals surface area (Å²) in [5.41, 5.74) is 9.05. The number of benzene rings is 1. The summed E-state index contributed by atoms with van der Waals surface area (Å²) in [4.78, 5) is 24.5. The fourth-order valence-electron chi connectivity index (χ4n) is 6.01. The molecular weight excluding hydrogens is 470 g/mol. The number of likely N-dealkylation sites (tertiary alicyclic amines) is 1. The molecule has 188 valence electrons. The zero-order valence-electron chi connectivity index (χ0n) is 20.7. The first-order valence-electron chi connectivity index (χ1n) is 13.0. The second-order valence-corrected chi connectivity index (χ2v) is 11.2. The smallest absolute Gasteiger partial charge is 0.223 e. The van der Waals surface area contributed by atoms with Gasteiger partial charge in [0.15, 0.2) is 0 Å². The van der Waals surface area contributed by atoms with E-state index < -0.39 is 0 Å². The summed E-state index contributed by atoms with van der Waals surface area (Å²) in [5.74, 6) is 2.57. The van der Waals surface area contributed by atoms with Crippen LogP contribution in [0.3, 0.4) is 0 Å². The molecule has 1 saturated heterocycles. The Hall–Kier alpha value is -2.97. The van der Waals surface area contributed by atoms with Crippen LogP contribution in [0.15, 0.2) is 41.8 Å². The van der Waals surface area contributed by atoms with E-state index in [-0.39, 0.29) is 23.8 Å². The molecule has 1 aromatic carbocycles. The standard InChI is InChI=1S/C28H33N5O2S/c1-17-16-36-26-24(17)30-22(31-28(26)32-25-20-7-6-19(15-20)23(25)27(29)34)14-18-4-8-21(9-5-18)35-13-12-33-10-2-3-11-33/h4-9,16,19-20,23,25H,2-3,10-15H2,1H3,(H2,29,34)(H,30,31,32). The monoisotopic (exact) mass is 503 g/mol. The van der Waals surface area contributed by atoms with Gasteiger partial charge in [0, 0.05) is 19.0 Å². The Labute approximate surface area is 215 Å². The van der Waals surface area contributed by atoms with Gasteiger partial charge in [-0.1, -0.05) is 24.3 Å². The van der Waals surface area contributed by atoms with Gasteiger partial charge in [0.1, 0.15) is 24.0 Å². The molecule has 2 fully saturated rings. The van der Waals surface area contributed by atoms with E-state index in [0.29, 0.717) is 12.3 Å². The molecule has 3 aliphatic rings. The van der Waals surface area contributed by atoms with Gasteiger partial charge in [-0.2, -0.15) is 0 Å². The largest absolute Gasteiger partial charge is 0.492 e. The van der Waals surface area contributed by atoms with E-state index in [0.717, 1.165) is 58.3 Å². The van der Waals surface area contributed by atoms with Crippen LogP contribution in [0.5, 0.6) is 5.75 Å². The van der Waals surface area contributed by atoms with Gasteiger partial charge in [0.05, 0.1) is 16.1 Å². The van der Waals surface area contributed by atoms with Crippen LogP contribution in [0.2, 0.25) is 0 Å². The average molecular weight is 504 g/mol. The van der Waals surface area contributed by atoms with E-state index in [1.807, 2.05) is 12.1 Å². The van der Waals surface area contributed by atoms with Gasteiger partial charge >= 0.3 is 0 Å². The van der Waals surface area contributed by atoms with Gasteiger partial charge in [-0.15, -0.1) is 11.3 Å². The molecule has 2 aromatic heterocycles. The number of aromatic nitrogens is 2. The van der Waals surface area contributed by atoms with Gasteiger partial charge in [0.2, 0.25) is 5.91 Å². The molecule has 6 rings (SSSR count). The molecule has 7 nitrogen and oxygen atoms in total. The Morgan fingerprint density at radius 1 is 1.17 bits per heavy atom. The van der Waals surface area contributed by atoms with Gasteiger partial charge in [-0.05, 0) is 79.8 Å². The Morgan fingerprint density at radius 2 is 1.94 bits per heavy atom. The van der Waals surface area contributed by atoms with Crippen LogP contribution in [0.1, 0.15) is 36.2 Å². The predicted octanol–water partition coefficient (Wildman–Crippen LogP) is 4.15. The highest BCUT2D eigenvalue weighted by Gasteiger charge is 2.47. The van der Waals surface area contributed by atoms with Crippen molar-refractivity contribution >= 4 is 33.3 Å². The number of nitrogens with one attached hydrogen (secondary N) is 1. The number of amides is 1. The number of ether oxygens (including phenoxy) is 1. The minimum atomic E-state index is -0.236. The Morgan fingerprint density at radius 3 is 2.72 bits per heavy atom. The number of carbonyl (C=O) groups is 1. The lowest BCUT2D eigenvalue weighted by molar-refractivity contribution is -0.122. The molecule has 4 unspecified atom stereocenters. The Kier molecular flexibility index (Phi) is 6.39. The van der Waals surface area contributed by atoms with E-state index in [9.17, 15) is 4.79 Å². The maximum Gasteiger partial charge on any atom is 0.223 e. The van der Waals surface area contributed by atoms with Crippen molar-refractivity contribution in [2.24, 2.45) is 23.5 Å². The maximum atomic E-state index is 12.2. The second-order valence-electron chi connectivity index (χ2n) is 10.3. The summed E-state index contributed by atoms with van der Waals surface area (Å²) in [7, 11) is 0. The molecule has 3 aromatic rings. The molecular formula is C28H33N5O2S. The lowest BCUT2D eigenvalue weighted by Crippen LogP contribution is -2.41. The van der Waals surface area contributed by atoms with Gasteiger partial charge in [-0.25, -0.2) is 9.97 Å². The molecule has 0 spiro atoms. The van der Waals surface area contributed by atoms with E-state index in [1.54, 1.807) is 11.3 Å². The Bertz CT molecular complexity index is 1280. The minimum Gasteiger partial charge on any atom is -0.492 e. The molecule has 1 saturated carbocycles. The molecule has 2 bridgehead atoms. The fourth-order valence-corrected chi connectivity index (χ4v) is 6.95. The van der Waals surface area contributed by atoms with Gasteiger partial charge < -0.3 is 15.8 Å². The highest BCUT2D eigenvalue weighted by atomic mass is 32.1. The third kappa shape index (κ3) is 4.60. The van der Waals surface area contributed by atoms with E-state index >= 15 is 0 Å². The number of rotatable bonds is 9. The minimum absolute atomic E-state index is 0.0251. The quantitative estimate of drug-likeness (QED) is 0.426. The maximum absolute atomic E-state index is 12.2. The first kappa shape index (κ1) is 23.4. The number of allylic oxidation sites excluding steroid dienone is 1. The molecule has 1 amide bonds. The number of anilines is 1. The van der Waals surface area contributed by atoms with Crippen LogP contribution in [0, 0.1) is 24.7 Å². The lowest BCUT2D eigenvalue weighted by atomic mass is 9.88. The van der Waals surface area contributed by atoms with Crippen molar-refractivity contribution in [2.75, 3.05) is 31.6 Å². The van der Waals surface area contributed by atoms with Crippen molar-refractivity contribution in [3.63, 3.8) is 0 Å². The zero-order valence-corrected chi connectivity index (χ0v) is 21.5. The number of nitrogens with zero attached hydrogens (tertiary/aromatic N) is 3. The van der Waals surface area contributed by atoms with Crippen molar-refractivity contribution in [1.29, 1.82) is 0 Å². The molecule has 36 heavy (non-hydrogen) atoms. The highest BCUT2D eigenvalue weighted by Crippen LogP contribution is 2.45. The lowest BCUT2D eigenvalue weighted by Gasteiger charge is -2.27. The topological polar surface area (TPSA) is 93.4 Å². The number of carbonyl (C=O) groups excluding carboxylic acids is 1. The van der Waals surface area contributed by atoms with Crippen LogP contribution < -0.4 is 15.8 Å². The number of hydrogen-bond donors (Lipinski definition) is 2. The van der Waals surface area contributed by atoms with Crippen molar-refractivity contribution in [1.82, 2.24) is 14.9 Å². The SMILES string of the molecule is Cc1csc2c(NC3C4C=CC(C4)C3C(N)=O)nc(Cc3ccc(OCCN4CCCC4)cc3)nc12. The molecule has 0 radical (unpaired) electrons. The Balaban J connectivity index is 1.18. The summed E-state index contributed by atoms with van der Waals surface area (Å²) in [6.07, 6.45) is 8.57. The number of hydrogen-bond acceptors (Lipinski definition) is 7. The van der Waals surface area contributed by atoms with Crippen molar-refractivity contribution in [2.45, 2.75) is 38.6 Å². The second kappa shape index (κ2) is 9.82. The summed E-state index contributed by atoms with van der Waals surface area (Å²) < 4.78 is 6.99. The summed E-state index contributed by atoms with van der Waals surface area (Å²) >= 11 is 1.65. The summed E-state index contributed by atoms with van der Waals surface area (Å²) in [5, 5.41) is 5.74. The van der Waals surface area contributed by atoms with Crippen LogP contribution in [0.4, 0.5) is 5.82 Å². The van der Waals surface area contributed by atoms with Gasteiger partial charge in [0.25, 0.3) is 0 Å². The molecule has 1 aliphatic heterocycles. The molecule has 3 heterocycles. The third-order valence-corrected chi connectivity index (χ3v) is 8.98.